The largest absolute Gasteiger partial charge is 0.354 e. The number of amides is 2. The van der Waals surface area contributed by atoms with Gasteiger partial charge in [-0.05, 0) is 69.1 Å². The van der Waals surface area contributed by atoms with Gasteiger partial charge in [0, 0.05) is 11.3 Å². The van der Waals surface area contributed by atoms with E-state index in [1.165, 1.54) is 38.5 Å². The molecule has 2 N–H and O–H groups in total. The SMILES string of the molecule is O=C(CSC12CC3CC(CC(C3)C1)C2)NC1CCCNC1=O. The van der Waals surface area contributed by atoms with Gasteiger partial charge in [0.25, 0.3) is 0 Å². The molecule has 0 aromatic carbocycles. The molecule has 5 rings (SSSR count). The molecule has 1 heterocycles. The van der Waals surface area contributed by atoms with Gasteiger partial charge in [-0.1, -0.05) is 0 Å². The van der Waals surface area contributed by atoms with Crippen LogP contribution < -0.4 is 10.6 Å². The van der Waals surface area contributed by atoms with Crippen molar-refractivity contribution < 1.29 is 9.59 Å². The number of piperidine rings is 1. The summed E-state index contributed by atoms with van der Waals surface area (Å²) in [5.41, 5.74) is 0. The predicted molar refractivity (Wildman–Crippen MR) is 87.5 cm³/mol. The average Bonchev–Trinajstić information content (AvgIpc) is 2.46. The van der Waals surface area contributed by atoms with Crippen LogP contribution in [0.15, 0.2) is 0 Å². The molecule has 1 unspecified atom stereocenters. The first-order valence-corrected chi connectivity index (χ1v) is 9.81. The zero-order valence-corrected chi connectivity index (χ0v) is 13.9. The normalized spacial score (nSPS) is 43.0. The third kappa shape index (κ3) is 2.89. The number of carbonyl (C=O) groups excluding carboxylic acids is 2. The maximum atomic E-state index is 12.2. The quantitative estimate of drug-likeness (QED) is 0.833. The molecule has 5 heteroatoms. The lowest BCUT2D eigenvalue weighted by atomic mass is 9.56. The fourth-order valence-electron chi connectivity index (χ4n) is 5.57. The van der Waals surface area contributed by atoms with Crippen molar-refractivity contribution in [1.82, 2.24) is 10.6 Å². The highest BCUT2D eigenvalue weighted by molar-refractivity contribution is 8.01. The lowest BCUT2D eigenvalue weighted by Gasteiger charge is -2.56. The second kappa shape index (κ2) is 5.73. The molecule has 4 saturated carbocycles. The molecule has 4 nitrogen and oxygen atoms in total. The summed E-state index contributed by atoms with van der Waals surface area (Å²) in [7, 11) is 0. The molecule has 2 amide bonds. The first-order valence-electron chi connectivity index (χ1n) is 8.83. The number of hydrogen-bond acceptors (Lipinski definition) is 3. The van der Waals surface area contributed by atoms with Crippen LogP contribution in [-0.2, 0) is 9.59 Å². The van der Waals surface area contributed by atoms with E-state index in [4.69, 9.17) is 0 Å². The van der Waals surface area contributed by atoms with E-state index in [0.717, 1.165) is 37.1 Å². The molecule has 0 radical (unpaired) electrons. The molecule has 22 heavy (non-hydrogen) atoms. The van der Waals surface area contributed by atoms with Gasteiger partial charge in [0.15, 0.2) is 0 Å². The maximum Gasteiger partial charge on any atom is 0.242 e. The fraction of sp³-hybridized carbons (Fsp3) is 0.882. The summed E-state index contributed by atoms with van der Waals surface area (Å²) in [6, 6.07) is -0.307. The Morgan fingerprint density at radius 1 is 1.18 bits per heavy atom. The van der Waals surface area contributed by atoms with Crippen LogP contribution in [0.4, 0.5) is 0 Å². The summed E-state index contributed by atoms with van der Waals surface area (Å²) in [5, 5.41) is 5.76. The van der Waals surface area contributed by atoms with E-state index in [-0.39, 0.29) is 17.9 Å². The van der Waals surface area contributed by atoms with E-state index < -0.39 is 0 Å². The number of carbonyl (C=O) groups is 2. The van der Waals surface area contributed by atoms with Crippen LogP contribution in [0.5, 0.6) is 0 Å². The summed E-state index contributed by atoms with van der Waals surface area (Å²) in [6.07, 6.45) is 10.0. The molecule has 1 aliphatic heterocycles. The maximum absolute atomic E-state index is 12.2. The van der Waals surface area contributed by atoms with Gasteiger partial charge >= 0.3 is 0 Å². The van der Waals surface area contributed by atoms with Crippen molar-refractivity contribution in [2.24, 2.45) is 17.8 Å². The topological polar surface area (TPSA) is 58.2 Å². The van der Waals surface area contributed by atoms with E-state index in [1.807, 2.05) is 11.8 Å². The summed E-state index contributed by atoms with van der Waals surface area (Å²) in [5.74, 6) is 3.32. The van der Waals surface area contributed by atoms with Crippen molar-refractivity contribution in [3.8, 4) is 0 Å². The first kappa shape index (κ1) is 14.9. The molecular weight excluding hydrogens is 296 g/mol. The number of thioether (sulfide) groups is 1. The summed E-state index contributed by atoms with van der Waals surface area (Å²) in [4.78, 5) is 24.0. The Balaban J connectivity index is 1.31. The summed E-state index contributed by atoms with van der Waals surface area (Å²) in [6.45, 7) is 0.743. The van der Waals surface area contributed by atoms with E-state index in [9.17, 15) is 9.59 Å². The van der Waals surface area contributed by atoms with Gasteiger partial charge in [-0.25, -0.2) is 0 Å². The Bertz CT molecular complexity index is 444. The monoisotopic (exact) mass is 322 g/mol. The van der Waals surface area contributed by atoms with Crippen LogP contribution in [0, 0.1) is 17.8 Å². The van der Waals surface area contributed by atoms with Gasteiger partial charge in [-0.15, -0.1) is 11.8 Å². The molecule has 4 aliphatic carbocycles. The Labute approximate surface area is 136 Å². The van der Waals surface area contributed by atoms with Crippen LogP contribution in [0.2, 0.25) is 0 Å². The molecule has 0 aromatic heterocycles. The Kier molecular flexibility index (Phi) is 3.87. The Morgan fingerprint density at radius 3 is 2.41 bits per heavy atom. The molecule has 1 saturated heterocycles. The van der Waals surface area contributed by atoms with Gasteiger partial charge in [-0.2, -0.15) is 0 Å². The van der Waals surface area contributed by atoms with Crippen molar-refractivity contribution in [2.45, 2.75) is 62.2 Å². The molecule has 4 bridgehead atoms. The van der Waals surface area contributed by atoms with Gasteiger partial charge in [-0.3, -0.25) is 9.59 Å². The van der Waals surface area contributed by atoms with Gasteiger partial charge in [0.2, 0.25) is 11.8 Å². The Morgan fingerprint density at radius 2 is 1.82 bits per heavy atom. The predicted octanol–water partition coefficient (Wildman–Crippen LogP) is 2.08. The zero-order chi connectivity index (χ0) is 15.2. The van der Waals surface area contributed by atoms with Crippen LogP contribution in [0.3, 0.4) is 0 Å². The minimum atomic E-state index is -0.307. The van der Waals surface area contributed by atoms with Crippen LogP contribution in [-0.4, -0.2) is 34.9 Å². The van der Waals surface area contributed by atoms with Gasteiger partial charge < -0.3 is 10.6 Å². The minimum absolute atomic E-state index is 0.0144. The smallest absolute Gasteiger partial charge is 0.242 e. The minimum Gasteiger partial charge on any atom is -0.354 e. The molecular formula is C17H26N2O2S. The Hall–Kier alpha value is -0.710. The van der Waals surface area contributed by atoms with E-state index in [1.54, 1.807) is 0 Å². The highest BCUT2D eigenvalue weighted by atomic mass is 32.2. The molecule has 1 atom stereocenters. The third-order valence-electron chi connectivity index (χ3n) is 6.11. The standard InChI is InChI=1S/C17H26N2O2S/c20-15(19-14-2-1-3-18-16(14)21)10-22-17-7-11-4-12(8-17)6-13(5-11)9-17/h11-14H,1-10H2,(H,18,21)(H,19,20). The highest BCUT2D eigenvalue weighted by Crippen LogP contribution is 2.60. The van der Waals surface area contributed by atoms with Crippen molar-refractivity contribution in [3.05, 3.63) is 0 Å². The lowest BCUT2D eigenvalue weighted by Crippen LogP contribution is -2.52. The zero-order valence-electron chi connectivity index (χ0n) is 13.1. The van der Waals surface area contributed by atoms with Crippen molar-refractivity contribution in [1.29, 1.82) is 0 Å². The lowest BCUT2D eigenvalue weighted by molar-refractivity contribution is -0.129. The van der Waals surface area contributed by atoms with E-state index >= 15 is 0 Å². The molecule has 0 spiro atoms. The van der Waals surface area contributed by atoms with Crippen molar-refractivity contribution >= 4 is 23.6 Å². The van der Waals surface area contributed by atoms with Crippen LogP contribution in [0.1, 0.15) is 51.4 Å². The fourth-order valence-corrected chi connectivity index (χ4v) is 7.15. The number of nitrogens with one attached hydrogen (secondary N) is 2. The second-order valence-electron chi connectivity index (χ2n) is 7.94. The number of hydrogen-bond donors (Lipinski definition) is 2. The second-order valence-corrected chi connectivity index (χ2v) is 9.39. The average molecular weight is 322 g/mol. The van der Waals surface area contributed by atoms with Crippen LogP contribution in [0.25, 0.3) is 0 Å². The van der Waals surface area contributed by atoms with E-state index in [2.05, 4.69) is 10.6 Å². The van der Waals surface area contributed by atoms with E-state index in [0.29, 0.717) is 10.5 Å². The van der Waals surface area contributed by atoms with Crippen molar-refractivity contribution in [3.63, 3.8) is 0 Å². The molecule has 0 aromatic rings. The highest BCUT2D eigenvalue weighted by Gasteiger charge is 2.51. The van der Waals surface area contributed by atoms with Crippen molar-refractivity contribution in [2.75, 3.05) is 12.3 Å². The van der Waals surface area contributed by atoms with Gasteiger partial charge in [0.1, 0.15) is 6.04 Å². The van der Waals surface area contributed by atoms with Gasteiger partial charge in [0.05, 0.1) is 5.75 Å². The molecule has 5 fully saturated rings. The third-order valence-corrected chi connectivity index (χ3v) is 7.63. The first-order chi connectivity index (χ1) is 10.6. The van der Waals surface area contributed by atoms with Crippen LogP contribution >= 0.6 is 11.8 Å². The molecule has 122 valence electrons. The number of rotatable bonds is 4. The summed E-state index contributed by atoms with van der Waals surface area (Å²) < 4.78 is 0.376. The molecule has 5 aliphatic rings. The summed E-state index contributed by atoms with van der Waals surface area (Å²) >= 11 is 1.89.